The number of ether oxygens (including phenoxy) is 3. The van der Waals surface area contributed by atoms with Crippen LogP contribution < -0.4 is 19.5 Å². The molecule has 200 valence electrons. The van der Waals surface area contributed by atoms with Gasteiger partial charge >= 0.3 is 6.36 Å². The lowest BCUT2D eigenvalue weighted by Crippen LogP contribution is -2.25. The van der Waals surface area contributed by atoms with Crippen LogP contribution in [0.4, 0.5) is 18.9 Å². The van der Waals surface area contributed by atoms with Crippen LogP contribution in [0.25, 0.3) is 0 Å². The first-order chi connectivity index (χ1) is 17.3. The molecule has 0 atom stereocenters. The van der Waals surface area contributed by atoms with Crippen molar-refractivity contribution in [3.05, 3.63) is 48.0 Å². The number of methoxy groups -OCH3 is 1. The quantitative estimate of drug-likeness (QED) is 0.391. The molecule has 3 rings (SSSR count). The van der Waals surface area contributed by atoms with Gasteiger partial charge in [-0.25, -0.2) is 0 Å². The van der Waals surface area contributed by atoms with E-state index in [4.69, 9.17) is 24.2 Å². The van der Waals surface area contributed by atoms with Crippen molar-refractivity contribution in [2.24, 2.45) is 5.92 Å². The predicted molar refractivity (Wildman–Crippen MR) is 131 cm³/mol. The van der Waals surface area contributed by atoms with Gasteiger partial charge in [0, 0.05) is 24.2 Å². The van der Waals surface area contributed by atoms with Crippen molar-refractivity contribution in [3.63, 3.8) is 0 Å². The van der Waals surface area contributed by atoms with Crippen LogP contribution in [0.15, 0.2) is 42.5 Å². The number of benzene rings is 2. The van der Waals surface area contributed by atoms with E-state index < -0.39 is 6.36 Å². The lowest BCUT2D eigenvalue weighted by atomic mass is 9.84. The number of carbonyl (C=O) groups excluding carboxylic acids is 1. The molecule has 0 bridgehead atoms. The van der Waals surface area contributed by atoms with Crippen LogP contribution in [0.5, 0.6) is 17.2 Å². The highest BCUT2D eigenvalue weighted by atomic mass is 19.4. The summed E-state index contributed by atoms with van der Waals surface area (Å²) in [6.45, 7) is 4.31. The first kappa shape index (κ1) is 30.6. The molecule has 1 aliphatic rings. The van der Waals surface area contributed by atoms with Gasteiger partial charge in [0.1, 0.15) is 12.5 Å². The second kappa shape index (κ2) is 16.3. The van der Waals surface area contributed by atoms with Gasteiger partial charge in [0.2, 0.25) is 0 Å². The van der Waals surface area contributed by atoms with E-state index in [2.05, 4.69) is 17.0 Å². The molecule has 0 aromatic heterocycles. The van der Waals surface area contributed by atoms with E-state index in [0.717, 1.165) is 24.4 Å². The molecule has 2 aromatic rings. The Morgan fingerprint density at radius 3 is 2.33 bits per heavy atom. The van der Waals surface area contributed by atoms with Gasteiger partial charge in [-0.1, -0.05) is 25.5 Å². The molecule has 0 aliphatic heterocycles. The van der Waals surface area contributed by atoms with Crippen molar-refractivity contribution in [1.82, 2.24) is 0 Å². The highest BCUT2D eigenvalue weighted by Gasteiger charge is 2.31. The molecule has 0 heterocycles. The van der Waals surface area contributed by atoms with Crippen LogP contribution in [0, 0.1) is 5.92 Å². The summed E-state index contributed by atoms with van der Waals surface area (Å²) in [6, 6.07) is 12.2. The van der Waals surface area contributed by atoms with Gasteiger partial charge in [0.25, 0.3) is 6.47 Å². The van der Waals surface area contributed by atoms with E-state index in [1.807, 2.05) is 25.0 Å². The summed E-state index contributed by atoms with van der Waals surface area (Å²) in [4.78, 5) is 16.4. The highest BCUT2D eigenvalue weighted by Crippen LogP contribution is 2.33. The molecule has 0 unspecified atom stereocenters. The molecule has 10 heteroatoms. The lowest BCUT2D eigenvalue weighted by molar-refractivity contribution is -0.274. The number of nitrogens with one attached hydrogen (secondary N) is 1. The molecule has 1 saturated carbocycles. The summed E-state index contributed by atoms with van der Waals surface area (Å²) >= 11 is 0. The van der Waals surface area contributed by atoms with Crippen molar-refractivity contribution in [3.8, 4) is 17.2 Å². The fourth-order valence-electron chi connectivity index (χ4n) is 4.01. The van der Waals surface area contributed by atoms with E-state index in [0.29, 0.717) is 36.1 Å². The fourth-order valence-corrected chi connectivity index (χ4v) is 4.01. The molecular formula is C26H34F3NO6. The van der Waals surface area contributed by atoms with E-state index in [-0.39, 0.29) is 12.2 Å². The largest absolute Gasteiger partial charge is 0.573 e. The van der Waals surface area contributed by atoms with E-state index in [9.17, 15) is 13.2 Å². The van der Waals surface area contributed by atoms with Gasteiger partial charge in [-0.15, -0.1) is 13.2 Å². The van der Waals surface area contributed by atoms with Crippen molar-refractivity contribution in [2.45, 2.75) is 57.9 Å². The maximum Gasteiger partial charge on any atom is 0.573 e. The zero-order chi connectivity index (χ0) is 27.0. The number of hydrogen-bond acceptors (Lipinski definition) is 6. The third-order valence-corrected chi connectivity index (χ3v) is 5.74. The Bertz CT molecular complexity index is 901. The Morgan fingerprint density at radius 1 is 1.08 bits per heavy atom. The predicted octanol–water partition coefficient (Wildman–Crippen LogP) is 6.11. The second-order valence-corrected chi connectivity index (χ2v) is 8.03. The molecule has 1 aliphatic carbocycles. The van der Waals surface area contributed by atoms with Crippen LogP contribution in [0.1, 0.15) is 44.6 Å². The van der Waals surface area contributed by atoms with Gasteiger partial charge < -0.3 is 29.4 Å². The summed E-state index contributed by atoms with van der Waals surface area (Å²) in [5.41, 5.74) is 1.68. The highest BCUT2D eigenvalue weighted by molar-refractivity contribution is 5.55. The summed E-state index contributed by atoms with van der Waals surface area (Å²) in [5, 5.41) is 10.5. The van der Waals surface area contributed by atoms with Gasteiger partial charge in [-0.2, -0.15) is 0 Å². The Morgan fingerprint density at radius 2 is 1.75 bits per heavy atom. The average molecular weight is 514 g/mol. The zero-order valence-electron chi connectivity index (χ0n) is 20.6. The van der Waals surface area contributed by atoms with E-state index in [1.54, 1.807) is 13.2 Å². The zero-order valence-corrected chi connectivity index (χ0v) is 20.6. The standard InChI is InChI=1S/C24H30F3NO3.CH2O2.CH2O/c1-3-17-7-9-19(10-8-17)28-20-11-12-22(29-2)23(16-20)30-14-13-18-5-4-6-21(15-18)31-24(25,26)27;2-1-3;1-2/h4-6,11-12,15-17,19,28H,3,7-10,13-14H2,1-2H3;1H,(H,2,3);1H2. The first-order valence-corrected chi connectivity index (χ1v) is 11.6. The molecule has 36 heavy (non-hydrogen) atoms. The Hall–Kier alpha value is -3.43. The minimum Gasteiger partial charge on any atom is -0.493 e. The Labute approximate surface area is 209 Å². The SMILES string of the molecule is C=O.CCC1CCC(Nc2ccc(OC)c(OCCc3cccc(OC(F)(F)F)c3)c2)CC1.O=CO. The minimum absolute atomic E-state index is 0.230. The number of carboxylic acid groups (broad SMARTS) is 1. The average Bonchev–Trinajstić information content (AvgIpc) is 2.86. The van der Waals surface area contributed by atoms with Crippen molar-refractivity contribution < 1.29 is 42.1 Å². The number of rotatable bonds is 9. The molecule has 0 spiro atoms. The van der Waals surface area contributed by atoms with E-state index >= 15 is 0 Å². The van der Waals surface area contributed by atoms with Gasteiger partial charge in [-0.3, -0.25) is 4.79 Å². The fraction of sp³-hybridized carbons (Fsp3) is 0.462. The topological polar surface area (TPSA) is 94.1 Å². The minimum atomic E-state index is -4.70. The van der Waals surface area contributed by atoms with E-state index in [1.165, 1.54) is 37.5 Å². The lowest BCUT2D eigenvalue weighted by Gasteiger charge is -2.29. The van der Waals surface area contributed by atoms with Crippen LogP contribution in [-0.2, 0) is 16.0 Å². The van der Waals surface area contributed by atoms with Crippen LogP contribution in [0.2, 0.25) is 0 Å². The van der Waals surface area contributed by atoms with Crippen LogP contribution in [-0.4, -0.2) is 44.5 Å². The number of carbonyl (C=O) groups is 2. The summed E-state index contributed by atoms with van der Waals surface area (Å²) < 4.78 is 52.5. The summed E-state index contributed by atoms with van der Waals surface area (Å²) in [5.74, 6) is 1.84. The second-order valence-electron chi connectivity index (χ2n) is 8.03. The molecule has 7 nitrogen and oxygen atoms in total. The summed E-state index contributed by atoms with van der Waals surface area (Å²) in [6.07, 6.45) is 1.82. The number of hydrogen-bond donors (Lipinski definition) is 2. The van der Waals surface area contributed by atoms with Crippen molar-refractivity contribution in [2.75, 3.05) is 19.0 Å². The van der Waals surface area contributed by atoms with Gasteiger partial charge in [0.15, 0.2) is 11.5 Å². The van der Waals surface area contributed by atoms with Crippen LogP contribution >= 0.6 is 0 Å². The third kappa shape index (κ3) is 11.3. The summed E-state index contributed by atoms with van der Waals surface area (Å²) in [7, 11) is 1.58. The number of halogens is 3. The molecule has 2 aromatic carbocycles. The van der Waals surface area contributed by atoms with Crippen molar-refractivity contribution in [1.29, 1.82) is 0 Å². The molecule has 0 radical (unpaired) electrons. The van der Waals surface area contributed by atoms with Crippen LogP contribution in [0.3, 0.4) is 0 Å². The smallest absolute Gasteiger partial charge is 0.493 e. The molecular weight excluding hydrogens is 479 g/mol. The Balaban J connectivity index is 0.00000120. The number of anilines is 1. The maximum absolute atomic E-state index is 12.4. The monoisotopic (exact) mass is 513 g/mol. The normalized spacial score (nSPS) is 16.8. The van der Waals surface area contributed by atoms with Gasteiger partial charge in [0.05, 0.1) is 13.7 Å². The molecule has 0 saturated heterocycles. The third-order valence-electron chi connectivity index (χ3n) is 5.74. The molecule has 0 amide bonds. The van der Waals surface area contributed by atoms with Gasteiger partial charge in [-0.05, 0) is 61.4 Å². The molecule has 1 fully saturated rings. The van der Waals surface area contributed by atoms with Crippen molar-refractivity contribution >= 4 is 18.9 Å². The maximum atomic E-state index is 12.4. The number of alkyl halides is 3. The Kier molecular flexibility index (Phi) is 13.8. The first-order valence-electron chi connectivity index (χ1n) is 11.6. The molecule has 2 N–H and O–H groups in total.